The van der Waals surface area contributed by atoms with E-state index in [2.05, 4.69) is 4.98 Å². The summed E-state index contributed by atoms with van der Waals surface area (Å²) in [5.41, 5.74) is 5.98. The highest BCUT2D eigenvalue weighted by atomic mass is 35.5. The summed E-state index contributed by atoms with van der Waals surface area (Å²) >= 11 is 13.2. The Morgan fingerprint density at radius 3 is 2.44 bits per heavy atom. The average molecular weight is 275 g/mol. The van der Waals surface area contributed by atoms with E-state index in [0.29, 0.717) is 25.6 Å². The highest BCUT2D eigenvalue weighted by molar-refractivity contribution is 7.15. The molecule has 1 atom stereocenters. The maximum atomic E-state index is 10.1. The Morgan fingerprint density at radius 1 is 1.31 bits per heavy atom. The van der Waals surface area contributed by atoms with Gasteiger partial charge in [-0.05, 0) is 12.1 Å². The van der Waals surface area contributed by atoms with Crippen LogP contribution in [0.15, 0.2) is 24.4 Å². The van der Waals surface area contributed by atoms with Gasteiger partial charge in [0.2, 0.25) is 0 Å². The van der Waals surface area contributed by atoms with Crippen LogP contribution in [0, 0.1) is 0 Å². The van der Waals surface area contributed by atoms with Gasteiger partial charge in [-0.15, -0.1) is 0 Å². The van der Waals surface area contributed by atoms with E-state index in [4.69, 9.17) is 28.9 Å². The topological polar surface area (TPSA) is 59.1 Å². The lowest BCUT2D eigenvalue weighted by Crippen LogP contribution is -1.99. The first-order chi connectivity index (χ1) is 7.59. The maximum absolute atomic E-state index is 10.1. The van der Waals surface area contributed by atoms with Crippen LogP contribution in [-0.4, -0.2) is 10.1 Å². The molecule has 0 amide bonds. The van der Waals surface area contributed by atoms with Crippen molar-refractivity contribution in [3.05, 3.63) is 44.9 Å². The summed E-state index contributed by atoms with van der Waals surface area (Å²) in [5.74, 6) is 0. The number of benzene rings is 1. The monoisotopic (exact) mass is 274 g/mol. The summed E-state index contributed by atoms with van der Waals surface area (Å²) in [4.78, 5) is 4.49. The van der Waals surface area contributed by atoms with Gasteiger partial charge in [0.25, 0.3) is 0 Å². The van der Waals surface area contributed by atoms with E-state index in [1.165, 1.54) is 17.5 Å². The molecule has 0 saturated carbocycles. The van der Waals surface area contributed by atoms with Crippen LogP contribution in [0.25, 0.3) is 0 Å². The molecule has 16 heavy (non-hydrogen) atoms. The predicted molar refractivity (Wildman–Crippen MR) is 67.1 cm³/mol. The molecule has 0 aliphatic carbocycles. The normalized spacial score (nSPS) is 12.7. The van der Waals surface area contributed by atoms with Gasteiger partial charge in [-0.1, -0.05) is 40.6 Å². The van der Waals surface area contributed by atoms with E-state index in [9.17, 15) is 5.11 Å². The van der Waals surface area contributed by atoms with Crippen LogP contribution >= 0.6 is 34.5 Å². The van der Waals surface area contributed by atoms with Crippen LogP contribution < -0.4 is 5.73 Å². The van der Waals surface area contributed by atoms with E-state index in [-0.39, 0.29) is 0 Å². The number of aromatic nitrogens is 1. The quantitative estimate of drug-likeness (QED) is 0.885. The Kier molecular flexibility index (Phi) is 3.35. The standard InChI is InChI=1S/C10H8Cl2N2OS/c11-5-2-1-3-6(12)8(5)9(15)7-4-14-10(13)16-7/h1-4,9,15H,(H2,13,14). The Morgan fingerprint density at radius 2 is 1.94 bits per heavy atom. The molecule has 3 N–H and O–H groups in total. The molecule has 0 fully saturated rings. The van der Waals surface area contributed by atoms with Crippen LogP contribution in [0.1, 0.15) is 16.5 Å². The minimum absolute atomic E-state index is 0.400. The van der Waals surface area contributed by atoms with Gasteiger partial charge in [-0.3, -0.25) is 0 Å². The van der Waals surface area contributed by atoms with E-state index in [1.54, 1.807) is 18.2 Å². The number of thiazole rings is 1. The lowest BCUT2D eigenvalue weighted by molar-refractivity contribution is 0.224. The summed E-state index contributed by atoms with van der Waals surface area (Å²) in [6, 6.07) is 5.08. The third-order valence-corrected chi connectivity index (χ3v) is 3.62. The number of aliphatic hydroxyl groups is 1. The lowest BCUT2D eigenvalue weighted by atomic mass is 10.1. The summed E-state index contributed by atoms with van der Waals surface area (Å²) in [5, 5.41) is 11.4. The number of nitrogens with two attached hydrogens (primary N) is 1. The number of nitrogen functional groups attached to an aromatic ring is 1. The molecule has 1 aromatic carbocycles. The average Bonchev–Trinajstić information content (AvgIpc) is 2.64. The van der Waals surface area contributed by atoms with Gasteiger partial charge in [-0.2, -0.15) is 0 Å². The van der Waals surface area contributed by atoms with Crippen molar-refractivity contribution < 1.29 is 5.11 Å². The molecule has 0 aliphatic rings. The minimum Gasteiger partial charge on any atom is -0.383 e. The predicted octanol–water partition coefficient (Wildman–Crippen LogP) is 3.11. The first-order valence-electron chi connectivity index (χ1n) is 4.42. The van der Waals surface area contributed by atoms with Gasteiger partial charge in [0.15, 0.2) is 5.13 Å². The highest BCUT2D eigenvalue weighted by Gasteiger charge is 2.19. The highest BCUT2D eigenvalue weighted by Crippen LogP contribution is 2.36. The second-order valence-electron chi connectivity index (χ2n) is 3.14. The third-order valence-electron chi connectivity index (χ3n) is 2.08. The fourth-order valence-corrected chi connectivity index (χ4v) is 2.63. The van der Waals surface area contributed by atoms with Gasteiger partial charge < -0.3 is 10.8 Å². The first kappa shape index (κ1) is 11.7. The molecule has 1 heterocycles. The fourth-order valence-electron chi connectivity index (χ4n) is 1.34. The molecule has 0 aliphatic heterocycles. The molecule has 3 nitrogen and oxygen atoms in total. The third kappa shape index (κ3) is 2.15. The molecule has 1 unspecified atom stereocenters. The molecule has 0 saturated heterocycles. The van der Waals surface area contributed by atoms with Crippen molar-refractivity contribution in [2.45, 2.75) is 6.10 Å². The molecule has 84 valence electrons. The number of rotatable bonds is 2. The largest absolute Gasteiger partial charge is 0.383 e. The van der Waals surface area contributed by atoms with Gasteiger partial charge in [0.05, 0.1) is 4.88 Å². The van der Waals surface area contributed by atoms with Crippen LogP contribution in [-0.2, 0) is 0 Å². The molecule has 2 rings (SSSR count). The van der Waals surface area contributed by atoms with Crippen molar-refractivity contribution >= 4 is 39.7 Å². The van der Waals surface area contributed by atoms with Crippen LogP contribution in [0.5, 0.6) is 0 Å². The summed E-state index contributed by atoms with van der Waals surface area (Å²) in [7, 11) is 0. The Labute approximate surface area is 106 Å². The molecule has 2 aromatic rings. The van der Waals surface area contributed by atoms with E-state index in [1.807, 2.05) is 0 Å². The second kappa shape index (κ2) is 4.59. The Bertz CT molecular complexity index is 495. The molecular formula is C10H8Cl2N2OS. The van der Waals surface area contributed by atoms with Gasteiger partial charge in [-0.25, -0.2) is 4.98 Å². The Hall–Kier alpha value is -0.810. The zero-order valence-corrected chi connectivity index (χ0v) is 10.4. The summed E-state index contributed by atoms with van der Waals surface area (Å²) in [6.45, 7) is 0. The number of hydrogen-bond donors (Lipinski definition) is 2. The molecule has 0 bridgehead atoms. The van der Waals surface area contributed by atoms with Crippen LogP contribution in [0.2, 0.25) is 10.0 Å². The van der Waals surface area contributed by atoms with Crippen molar-refractivity contribution in [3.8, 4) is 0 Å². The molecule has 1 aromatic heterocycles. The lowest BCUT2D eigenvalue weighted by Gasteiger charge is -2.12. The smallest absolute Gasteiger partial charge is 0.180 e. The SMILES string of the molecule is Nc1ncc(C(O)c2c(Cl)cccc2Cl)s1. The number of anilines is 1. The number of aliphatic hydroxyl groups excluding tert-OH is 1. The molecular weight excluding hydrogens is 267 g/mol. The van der Waals surface area contributed by atoms with E-state index in [0.717, 1.165) is 0 Å². The van der Waals surface area contributed by atoms with Crippen molar-refractivity contribution in [1.29, 1.82) is 0 Å². The van der Waals surface area contributed by atoms with Crippen LogP contribution in [0.3, 0.4) is 0 Å². The number of hydrogen-bond acceptors (Lipinski definition) is 4. The number of halogens is 2. The summed E-state index contributed by atoms with van der Waals surface area (Å²) in [6.07, 6.45) is 0.626. The first-order valence-corrected chi connectivity index (χ1v) is 6.00. The van der Waals surface area contributed by atoms with Crippen LogP contribution in [0.4, 0.5) is 5.13 Å². The zero-order valence-electron chi connectivity index (χ0n) is 8.02. The molecule has 6 heteroatoms. The maximum Gasteiger partial charge on any atom is 0.180 e. The Balaban J connectivity index is 2.45. The van der Waals surface area contributed by atoms with E-state index < -0.39 is 6.10 Å². The number of nitrogens with zero attached hydrogens (tertiary/aromatic N) is 1. The van der Waals surface area contributed by atoms with Gasteiger partial charge >= 0.3 is 0 Å². The minimum atomic E-state index is -0.893. The summed E-state index contributed by atoms with van der Waals surface area (Å²) < 4.78 is 0. The molecule has 0 spiro atoms. The van der Waals surface area contributed by atoms with Gasteiger partial charge in [0, 0.05) is 21.8 Å². The van der Waals surface area contributed by atoms with Crippen molar-refractivity contribution in [3.63, 3.8) is 0 Å². The van der Waals surface area contributed by atoms with E-state index >= 15 is 0 Å². The van der Waals surface area contributed by atoms with Crippen molar-refractivity contribution in [2.75, 3.05) is 5.73 Å². The van der Waals surface area contributed by atoms with Gasteiger partial charge in [0.1, 0.15) is 6.10 Å². The van der Waals surface area contributed by atoms with Crippen molar-refractivity contribution in [2.24, 2.45) is 0 Å². The molecule has 0 radical (unpaired) electrons. The fraction of sp³-hybridized carbons (Fsp3) is 0.100. The second-order valence-corrected chi connectivity index (χ2v) is 5.05. The van der Waals surface area contributed by atoms with Crippen molar-refractivity contribution in [1.82, 2.24) is 4.98 Å². The zero-order chi connectivity index (χ0) is 11.7.